The zero-order valence-corrected chi connectivity index (χ0v) is 10.3. The summed E-state index contributed by atoms with van der Waals surface area (Å²) >= 11 is 1.57. The molecule has 0 atom stereocenters. The van der Waals surface area contributed by atoms with Crippen LogP contribution in [0.4, 0.5) is 0 Å². The van der Waals surface area contributed by atoms with E-state index in [1.807, 2.05) is 25.3 Å². The number of Topliss-reactive ketones (excluding diaryl/α,β-unsaturated/α-hetero) is 1. The van der Waals surface area contributed by atoms with Crippen LogP contribution in [0.3, 0.4) is 0 Å². The van der Waals surface area contributed by atoms with Crippen LogP contribution in [0.25, 0.3) is 0 Å². The monoisotopic (exact) mass is 235 g/mol. The molecule has 0 unspecified atom stereocenters. The van der Waals surface area contributed by atoms with Crippen LogP contribution in [-0.4, -0.2) is 20.5 Å². The molecular weight excluding hydrogens is 222 g/mol. The third-order valence-electron chi connectivity index (χ3n) is 2.30. The Bertz CT molecular complexity index is 527. The first-order valence-electron chi connectivity index (χ1n) is 5.01. The number of aryl methyl sites for hydroxylation is 3. The minimum absolute atomic E-state index is 0.0633. The molecule has 5 heteroatoms. The fraction of sp³-hybridized carbons (Fsp3) is 0.364. The highest BCUT2D eigenvalue weighted by molar-refractivity contribution is 7.09. The van der Waals surface area contributed by atoms with Crippen LogP contribution in [0.5, 0.6) is 0 Å². The molecule has 2 aromatic heterocycles. The van der Waals surface area contributed by atoms with Gasteiger partial charge in [-0.15, -0.1) is 11.3 Å². The van der Waals surface area contributed by atoms with Crippen molar-refractivity contribution in [2.45, 2.75) is 20.3 Å². The Morgan fingerprint density at radius 2 is 2.25 bits per heavy atom. The normalized spacial score (nSPS) is 10.7. The molecule has 4 nitrogen and oxygen atoms in total. The van der Waals surface area contributed by atoms with Gasteiger partial charge in [0.05, 0.1) is 22.8 Å². The van der Waals surface area contributed by atoms with E-state index in [0.717, 1.165) is 16.4 Å². The van der Waals surface area contributed by atoms with Crippen molar-refractivity contribution in [3.63, 3.8) is 0 Å². The van der Waals surface area contributed by atoms with Gasteiger partial charge in [-0.2, -0.15) is 5.10 Å². The van der Waals surface area contributed by atoms with E-state index in [2.05, 4.69) is 10.1 Å². The van der Waals surface area contributed by atoms with Crippen LogP contribution >= 0.6 is 11.3 Å². The second-order valence-electron chi connectivity index (χ2n) is 3.75. The molecule has 0 amide bonds. The predicted octanol–water partition coefficient (Wildman–Crippen LogP) is 1.92. The maximum absolute atomic E-state index is 12.0. The minimum Gasteiger partial charge on any atom is -0.292 e. The van der Waals surface area contributed by atoms with Gasteiger partial charge in [-0.05, 0) is 19.9 Å². The summed E-state index contributed by atoms with van der Waals surface area (Å²) in [6, 6.07) is 1.81. The van der Waals surface area contributed by atoms with E-state index in [0.29, 0.717) is 12.1 Å². The number of hydrogen-bond donors (Lipinski definition) is 0. The van der Waals surface area contributed by atoms with E-state index in [9.17, 15) is 4.79 Å². The largest absolute Gasteiger partial charge is 0.292 e. The zero-order valence-electron chi connectivity index (χ0n) is 9.52. The van der Waals surface area contributed by atoms with Crippen molar-refractivity contribution in [1.29, 1.82) is 0 Å². The molecule has 0 saturated carbocycles. The molecule has 0 spiro atoms. The molecule has 0 aliphatic carbocycles. The van der Waals surface area contributed by atoms with Crippen molar-refractivity contribution in [2.75, 3.05) is 0 Å². The molecule has 0 aromatic carbocycles. The van der Waals surface area contributed by atoms with E-state index in [1.165, 1.54) is 0 Å². The van der Waals surface area contributed by atoms with Crippen molar-refractivity contribution in [2.24, 2.45) is 7.05 Å². The Labute approximate surface area is 97.9 Å². The summed E-state index contributed by atoms with van der Waals surface area (Å²) in [7, 11) is 1.78. The van der Waals surface area contributed by atoms with Gasteiger partial charge < -0.3 is 0 Å². The molecule has 2 aromatic rings. The summed E-state index contributed by atoms with van der Waals surface area (Å²) in [4.78, 5) is 16.2. The molecule has 0 aliphatic heterocycles. The second-order valence-corrected chi connectivity index (χ2v) is 4.81. The Balaban J connectivity index is 2.17. The van der Waals surface area contributed by atoms with Gasteiger partial charge >= 0.3 is 0 Å². The van der Waals surface area contributed by atoms with E-state index >= 15 is 0 Å². The third-order valence-corrected chi connectivity index (χ3v) is 3.12. The first-order chi connectivity index (χ1) is 7.56. The Hall–Kier alpha value is -1.49. The van der Waals surface area contributed by atoms with E-state index in [4.69, 9.17) is 0 Å². The average Bonchev–Trinajstić information content (AvgIpc) is 2.73. The maximum atomic E-state index is 12.0. The van der Waals surface area contributed by atoms with E-state index in [1.54, 1.807) is 23.1 Å². The van der Waals surface area contributed by atoms with Crippen LogP contribution < -0.4 is 0 Å². The predicted molar refractivity (Wildman–Crippen MR) is 62.8 cm³/mol. The van der Waals surface area contributed by atoms with Crippen molar-refractivity contribution >= 4 is 17.1 Å². The summed E-state index contributed by atoms with van der Waals surface area (Å²) in [5.74, 6) is 0.0633. The van der Waals surface area contributed by atoms with Gasteiger partial charge in [0.2, 0.25) is 0 Å². The molecule has 2 heterocycles. The summed E-state index contributed by atoms with van der Waals surface area (Å²) < 4.78 is 1.62. The number of aromatic nitrogens is 3. The lowest BCUT2D eigenvalue weighted by Gasteiger charge is -1.98. The first-order valence-corrected chi connectivity index (χ1v) is 5.89. The molecule has 0 fully saturated rings. The molecule has 0 radical (unpaired) electrons. The first kappa shape index (κ1) is 11.0. The highest BCUT2D eigenvalue weighted by atomic mass is 32.1. The number of carbonyl (C=O) groups excluding carboxylic acids is 1. The summed E-state index contributed by atoms with van der Waals surface area (Å²) in [5, 5.41) is 7.07. The van der Waals surface area contributed by atoms with Crippen molar-refractivity contribution in [3.8, 4) is 0 Å². The van der Waals surface area contributed by atoms with Gasteiger partial charge in [0.15, 0.2) is 5.78 Å². The lowest BCUT2D eigenvalue weighted by Crippen LogP contribution is -2.09. The van der Waals surface area contributed by atoms with Crippen LogP contribution in [-0.2, 0) is 13.5 Å². The molecule has 2 rings (SSSR count). The topological polar surface area (TPSA) is 47.8 Å². The lowest BCUT2D eigenvalue weighted by atomic mass is 10.2. The van der Waals surface area contributed by atoms with Crippen molar-refractivity contribution in [3.05, 3.63) is 33.5 Å². The number of thiazole rings is 1. The molecule has 0 aliphatic rings. The van der Waals surface area contributed by atoms with Gasteiger partial charge in [0.25, 0.3) is 0 Å². The van der Waals surface area contributed by atoms with Gasteiger partial charge in [0.1, 0.15) is 5.69 Å². The molecule has 0 saturated heterocycles. The SMILES string of the molecule is Cc1cc(C(=O)Cc2csc(C)n2)n(C)n1. The number of ketones is 1. The molecule has 84 valence electrons. The molecule has 0 bridgehead atoms. The maximum Gasteiger partial charge on any atom is 0.186 e. The van der Waals surface area contributed by atoms with Crippen LogP contribution in [0.1, 0.15) is 26.9 Å². The quantitative estimate of drug-likeness (QED) is 0.764. The summed E-state index contributed by atoms with van der Waals surface area (Å²) in [6.07, 6.45) is 0.351. The second kappa shape index (κ2) is 4.17. The van der Waals surface area contributed by atoms with E-state index < -0.39 is 0 Å². The highest BCUT2D eigenvalue weighted by Gasteiger charge is 2.13. The Morgan fingerprint density at radius 3 is 2.75 bits per heavy atom. The summed E-state index contributed by atoms with van der Waals surface area (Å²) in [5.41, 5.74) is 2.34. The van der Waals surface area contributed by atoms with Gasteiger partial charge in [-0.3, -0.25) is 9.48 Å². The van der Waals surface area contributed by atoms with E-state index in [-0.39, 0.29) is 5.78 Å². The number of hydrogen-bond acceptors (Lipinski definition) is 4. The third kappa shape index (κ3) is 2.19. The minimum atomic E-state index is 0.0633. The van der Waals surface area contributed by atoms with Gasteiger partial charge in [0, 0.05) is 12.4 Å². The zero-order chi connectivity index (χ0) is 11.7. The van der Waals surface area contributed by atoms with Crippen molar-refractivity contribution in [1.82, 2.24) is 14.8 Å². The molecule has 16 heavy (non-hydrogen) atoms. The fourth-order valence-corrected chi connectivity index (χ4v) is 2.23. The van der Waals surface area contributed by atoms with Crippen LogP contribution in [0.2, 0.25) is 0 Å². The fourth-order valence-electron chi connectivity index (χ4n) is 1.62. The Morgan fingerprint density at radius 1 is 1.50 bits per heavy atom. The number of carbonyl (C=O) groups is 1. The summed E-state index contributed by atoms with van der Waals surface area (Å²) in [6.45, 7) is 3.82. The smallest absolute Gasteiger partial charge is 0.186 e. The Kier molecular flexibility index (Phi) is 2.87. The van der Waals surface area contributed by atoms with Gasteiger partial charge in [-0.1, -0.05) is 0 Å². The number of rotatable bonds is 3. The molecule has 0 N–H and O–H groups in total. The average molecular weight is 235 g/mol. The highest BCUT2D eigenvalue weighted by Crippen LogP contribution is 2.11. The molecular formula is C11H13N3OS. The van der Waals surface area contributed by atoms with Crippen molar-refractivity contribution < 1.29 is 4.79 Å². The standard InChI is InChI=1S/C11H13N3OS/c1-7-4-10(14(3)13-7)11(15)5-9-6-16-8(2)12-9/h4,6H,5H2,1-3H3. The van der Waals surface area contributed by atoms with Crippen LogP contribution in [0.15, 0.2) is 11.4 Å². The number of nitrogens with zero attached hydrogens (tertiary/aromatic N) is 3. The van der Waals surface area contributed by atoms with Gasteiger partial charge in [-0.25, -0.2) is 4.98 Å². The van der Waals surface area contributed by atoms with Crippen LogP contribution in [0, 0.1) is 13.8 Å². The lowest BCUT2D eigenvalue weighted by molar-refractivity contribution is 0.0983.